The first-order chi connectivity index (χ1) is 11.9. The van der Waals surface area contributed by atoms with Gasteiger partial charge in [-0.3, -0.25) is 9.69 Å². The van der Waals surface area contributed by atoms with Gasteiger partial charge in [-0.2, -0.15) is 0 Å². The number of hydrogen-bond donors (Lipinski definition) is 0. The third-order valence-corrected chi connectivity index (χ3v) is 4.98. The van der Waals surface area contributed by atoms with Crippen molar-refractivity contribution in [3.63, 3.8) is 0 Å². The van der Waals surface area contributed by atoms with E-state index in [4.69, 9.17) is 0 Å². The van der Waals surface area contributed by atoms with Crippen LogP contribution in [-0.4, -0.2) is 35.8 Å². The molecule has 25 heavy (non-hydrogen) atoms. The molecule has 1 fully saturated rings. The van der Waals surface area contributed by atoms with Gasteiger partial charge in [0.05, 0.1) is 6.54 Å². The van der Waals surface area contributed by atoms with Crippen LogP contribution in [0.1, 0.15) is 43.6 Å². The van der Waals surface area contributed by atoms with E-state index in [0.717, 1.165) is 13.0 Å². The third-order valence-electron chi connectivity index (χ3n) is 4.98. The molecule has 132 valence electrons. The van der Waals surface area contributed by atoms with Gasteiger partial charge in [0, 0.05) is 6.54 Å². The van der Waals surface area contributed by atoms with Crippen LogP contribution in [0.2, 0.25) is 0 Å². The molecule has 0 bridgehead atoms. The Morgan fingerprint density at radius 1 is 1.00 bits per heavy atom. The monoisotopic (exact) mass is 336 g/mol. The van der Waals surface area contributed by atoms with E-state index in [2.05, 4.69) is 74.2 Å². The Labute approximate surface area is 151 Å². The molecule has 0 N–H and O–H groups in total. The lowest BCUT2D eigenvalue weighted by molar-refractivity contribution is -0.128. The fourth-order valence-electron chi connectivity index (χ4n) is 3.50. The molecule has 0 spiro atoms. The minimum atomic E-state index is 0.0326. The van der Waals surface area contributed by atoms with Crippen LogP contribution in [0.4, 0.5) is 0 Å². The molecule has 1 amide bonds. The smallest absolute Gasteiger partial charge is 0.238 e. The lowest BCUT2D eigenvalue weighted by atomic mass is 9.86. The fourth-order valence-corrected chi connectivity index (χ4v) is 3.50. The Bertz CT molecular complexity index is 716. The van der Waals surface area contributed by atoms with Gasteiger partial charge in [-0.15, -0.1) is 0 Å². The summed E-state index contributed by atoms with van der Waals surface area (Å²) in [5, 5.41) is 0. The van der Waals surface area contributed by atoms with Gasteiger partial charge >= 0.3 is 0 Å². The summed E-state index contributed by atoms with van der Waals surface area (Å²) < 4.78 is 0. The van der Waals surface area contributed by atoms with Gasteiger partial charge in [0.1, 0.15) is 6.17 Å². The zero-order valence-corrected chi connectivity index (χ0v) is 15.7. The molecule has 3 heteroatoms. The van der Waals surface area contributed by atoms with Crippen molar-refractivity contribution in [2.45, 2.75) is 38.8 Å². The molecule has 1 aliphatic rings. The van der Waals surface area contributed by atoms with Crippen molar-refractivity contribution in [3.05, 3.63) is 71.3 Å². The van der Waals surface area contributed by atoms with Crippen LogP contribution in [-0.2, 0) is 16.6 Å². The molecule has 1 aliphatic heterocycles. The van der Waals surface area contributed by atoms with Gasteiger partial charge in [-0.1, -0.05) is 75.4 Å². The summed E-state index contributed by atoms with van der Waals surface area (Å²) in [5.41, 5.74) is 3.92. The number of amides is 1. The molecule has 1 unspecified atom stereocenters. The molecule has 0 radical (unpaired) electrons. The zero-order valence-electron chi connectivity index (χ0n) is 15.7. The minimum absolute atomic E-state index is 0.0326. The maximum absolute atomic E-state index is 12.5. The van der Waals surface area contributed by atoms with Gasteiger partial charge in [0.2, 0.25) is 5.91 Å². The predicted octanol–water partition coefficient (Wildman–Crippen LogP) is 4.00. The molecule has 0 aromatic heterocycles. The van der Waals surface area contributed by atoms with E-state index in [1.807, 2.05) is 18.0 Å². The second-order valence-corrected chi connectivity index (χ2v) is 7.98. The standard InChI is InChI=1S/C22H28N2O/c1-22(2,3)19-12-10-18(11-13-19)21-23(4)16-20(25)24(21)15-14-17-8-6-5-7-9-17/h5-13,21H,14-16H2,1-4H3. The van der Waals surface area contributed by atoms with Crippen molar-refractivity contribution in [1.29, 1.82) is 0 Å². The van der Waals surface area contributed by atoms with Gasteiger partial charge in [0.15, 0.2) is 0 Å². The Morgan fingerprint density at radius 3 is 2.24 bits per heavy atom. The summed E-state index contributed by atoms with van der Waals surface area (Å²) in [6.07, 6.45) is 0.919. The van der Waals surface area contributed by atoms with Crippen molar-refractivity contribution in [2.75, 3.05) is 20.1 Å². The highest BCUT2D eigenvalue weighted by Gasteiger charge is 2.36. The number of hydrogen-bond acceptors (Lipinski definition) is 2. The topological polar surface area (TPSA) is 23.6 Å². The van der Waals surface area contributed by atoms with Gasteiger partial charge in [0.25, 0.3) is 0 Å². The number of carbonyl (C=O) groups excluding carboxylic acids is 1. The summed E-state index contributed by atoms with van der Waals surface area (Å²) in [6, 6.07) is 19.1. The van der Waals surface area contributed by atoms with Crippen molar-refractivity contribution in [2.24, 2.45) is 0 Å². The summed E-state index contributed by atoms with van der Waals surface area (Å²) >= 11 is 0. The second kappa shape index (κ2) is 7.01. The molecular weight excluding hydrogens is 308 g/mol. The Morgan fingerprint density at radius 2 is 1.64 bits per heavy atom. The van der Waals surface area contributed by atoms with Crippen LogP contribution in [0.15, 0.2) is 54.6 Å². The number of rotatable bonds is 4. The first-order valence-corrected chi connectivity index (χ1v) is 9.00. The molecule has 2 aromatic rings. The first kappa shape index (κ1) is 17.7. The molecule has 2 aromatic carbocycles. The number of carbonyl (C=O) groups is 1. The molecule has 1 saturated heterocycles. The average molecular weight is 336 g/mol. The van der Waals surface area contributed by atoms with E-state index >= 15 is 0 Å². The predicted molar refractivity (Wildman–Crippen MR) is 102 cm³/mol. The highest BCUT2D eigenvalue weighted by atomic mass is 16.2. The van der Waals surface area contributed by atoms with E-state index in [9.17, 15) is 4.79 Å². The van der Waals surface area contributed by atoms with Crippen LogP contribution >= 0.6 is 0 Å². The molecule has 0 aliphatic carbocycles. The van der Waals surface area contributed by atoms with Crippen LogP contribution in [0.3, 0.4) is 0 Å². The zero-order chi connectivity index (χ0) is 18.0. The van der Waals surface area contributed by atoms with Crippen molar-refractivity contribution < 1.29 is 4.79 Å². The third kappa shape index (κ3) is 3.93. The lowest BCUT2D eigenvalue weighted by Crippen LogP contribution is -2.32. The first-order valence-electron chi connectivity index (χ1n) is 9.00. The molecule has 1 heterocycles. The van der Waals surface area contributed by atoms with E-state index < -0.39 is 0 Å². The van der Waals surface area contributed by atoms with Crippen LogP contribution in [0, 0.1) is 0 Å². The molecular formula is C22H28N2O. The van der Waals surface area contributed by atoms with Crippen molar-refractivity contribution in [1.82, 2.24) is 9.80 Å². The largest absolute Gasteiger partial charge is 0.321 e. The van der Waals surface area contributed by atoms with E-state index in [1.54, 1.807) is 0 Å². The van der Waals surface area contributed by atoms with Gasteiger partial charge in [-0.05, 0) is 35.6 Å². The maximum atomic E-state index is 12.5. The van der Waals surface area contributed by atoms with Gasteiger partial charge < -0.3 is 4.90 Å². The number of nitrogens with zero attached hydrogens (tertiary/aromatic N) is 2. The number of benzene rings is 2. The quantitative estimate of drug-likeness (QED) is 0.842. The molecule has 3 nitrogen and oxygen atoms in total. The highest BCUT2D eigenvalue weighted by molar-refractivity contribution is 5.81. The lowest BCUT2D eigenvalue weighted by Gasteiger charge is -2.29. The summed E-state index contributed by atoms with van der Waals surface area (Å²) in [6.45, 7) is 7.90. The maximum Gasteiger partial charge on any atom is 0.238 e. The fraction of sp³-hybridized carbons (Fsp3) is 0.409. The summed E-state index contributed by atoms with van der Waals surface area (Å²) in [4.78, 5) is 16.7. The van der Waals surface area contributed by atoms with Crippen molar-refractivity contribution in [3.8, 4) is 0 Å². The Hall–Kier alpha value is -2.13. The molecule has 0 saturated carbocycles. The van der Waals surface area contributed by atoms with Crippen LogP contribution in [0.25, 0.3) is 0 Å². The number of likely N-dealkylation sites (N-methyl/N-ethyl adjacent to an activating group) is 1. The van der Waals surface area contributed by atoms with E-state index in [0.29, 0.717) is 6.54 Å². The van der Waals surface area contributed by atoms with Crippen molar-refractivity contribution >= 4 is 5.91 Å². The normalized spacial score (nSPS) is 18.8. The molecule has 3 rings (SSSR count). The SMILES string of the molecule is CN1CC(=O)N(CCc2ccccc2)C1c1ccc(C(C)(C)C)cc1. The average Bonchev–Trinajstić information content (AvgIpc) is 2.86. The van der Waals surface area contributed by atoms with Crippen LogP contribution < -0.4 is 0 Å². The molecule has 1 atom stereocenters. The summed E-state index contributed by atoms with van der Waals surface area (Å²) in [7, 11) is 2.03. The van der Waals surface area contributed by atoms with E-state index in [-0.39, 0.29) is 17.5 Å². The van der Waals surface area contributed by atoms with Gasteiger partial charge in [-0.25, -0.2) is 0 Å². The minimum Gasteiger partial charge on any atom is -0.321 e. The second-order valence-electron chi connectivity index (χ2n) is 7.98. The highest BCUT2D eigenvalue weighted by Crippen LogP contribution is 2.31. The van der Waals surface area contributed by atoms with E-state index in [1.165, 1.54) is 16.7 Å². The Balaban J connectivity index is 1.78. The van der Waals surface area contributed by atoms with Crippen LogP contribution in [0.5, 0.6) is 0 Å². The Kier molecular flexibility index (Phi) is 4.96. The summed E-state index contributed by atoms with van der Waals surface area (Å²) in [5.74, 6) is 0.211.